The van der Waals surface area contributed by atoms with Crippen molar-refractivity contribution < 1.29 is 14.6 Å². The first-order chi connectivity index (χ1) is 13.4. The van der Waals surface area contributed by atoms with Crippen LogP contribution in [0.15, 0.2) is 48.5 Å². The average molecular weight is 380 g/mol. The van der Waals surface area contributed by atoms with Gasteiger partial charge in [-0.25, -0.2) is 4.79 Å². The molecular formula is C23H28N2O3. The topological polar surface area (TPSA) is 61.8 Å². The number of benzene rings is 2. The van der Waals surface area contributed by atoms with Gasteiger partial charge in [-0.05, 0) is 42.5 Å². The van der Waals surface area contributed by atoms with Gasteiger partial charge in [0.15, 0.2) is 0 Å². The Labute approximate surface area is 166 Å². The molecule has 0 spiro atoms. The van der Waals surface area contributed by atoms with Crippen LogP contribution in [0, 0.1) is 0 Å². The van der Waals surface area contributed by atoms with Crippen LogP contribution in [0.4, 0.5) is 4.79 Å². The molecule has 2 aliphatic rings. The van der Waals surface area contributed by atoms with Crippen molar-refractivity contribution >= 4 is 6.09 Å². The van der Waals surface area contributed by atoms with Crippen molar-refractivity contribution in [3.8, 4) is 11.1 Å². The van der Waals surface area contributed by atoms with E-state index in [1.54, 1.807) is 13.8 Å². The highest BCUT2D eigenvalue weighted by Crippen LogP contribution is 2.44. The smallest absolute Gasteiger partial charge is 0.407 e. The Kier molecular flexibility index (Phi) is 5.13. The number of carbonyl (C=O) groups excluding carboxylic acids is 1. The maximum Gasteiger partial charge on any atom is 0.407 e. The summed E-state index contributed by atoms with van der Waals surface area (Å²) in [4.78, 5) is 14.5. The van der Waals surface area contributed by atoms with Crippen LogP contribution in [0.3, 0.4) is 0 Å². The van der Waals surface area contributed by atoms with E-state index in [4.69, 9.17) is 4.74 Å². The molecule has 1 fully saturated rings. The highest BCUT2D eigenvalue weighted by Gasteiger charge is 2.30. The number of β-amino-alcohol motifs (C(OH)–C–C–N with tert-alkyl or cyclic N) is 1. The average Bonchev–Trinajstić information content (AvgIpc) is 3.20. The van der Waals surface area contributed by atoms with Gasteiger partial charge in [0.05, 0.1) is 5.60 Å². The molecule has 5 heteroatoms. The molecule has 0 bridgehead atoms. The van der Waals surface area contributed by atoms with Crippen molar-refractivity contribution in [1.82, 2.24) is 10.2 Å². The standard InChI is InChI=1S/C23H28N2O3/c1-23(2,27)15-25-12-11-16(13-25)24-22(26)28-14-21-19-9-5-3-7-17(19)18-8-4-6-10-20(18)21/h3-10,16,21,27H,11-15H2,1-2H3,(H,24,26)/t16-/m1/s1. The number of ether oxygens (including phenoxy) is 1. The van der Waals surface area contributed by atoms with Crippen molar-refractivity contribution in [2.24, 2.45) is 0 Å². The number of rotatable bonds is 5. The van der Waals surface area contributed by atoms with Crippen molar-refractivity contribution in [1.29, 1.82) is 0 Å². The highest BCUT2D eigenvalue weighted by atomic mass is 16.5. The van der Waals surface area contributed by atoms with Crippen LogP contribution >= 0.6 is 0 Å². The van der Waals surface area contributed by atoms with E-state index in [2.05, 4.69) is 34.5 Å². The Bertz CT molecular complexity index is 813. The van der Waals surface area contributed by atoms with E-state index in [0.29, 0.717) is 13.2 Å². The van der Waals surface area contributed by atoms with Gasteiger partial charge in [-0.2, -0.15) is 0 Å². The quantitative estimate of drug-likeness (QED) is 0.835. The second-order valence-corrected chi connectivity index (χ2v) is 8.50. The number of fused-ring (bicyclic) bond motifs is 3. The van der Waals surface area contributed by atoms with Gasteiger partial charge in [0.2, 0.25) is 0 Å². The number of amides is 1. The molecule has 0 unspecified atom stereocenters. The summed E-state index contributed by atoms with van der Waals surface area (Å²) in [6.07, 6.45) is 0.511. The lowest BCUT2D eigenvalue weighted by Crippen LogP contribution is -2.41. The Hall–Kier alpha value is -2.37. The molecule has 2 aromatic rings. The van der Waals surface area contributed by atoms with E-state index in [1.807, 2.05) is 24.3 Å². The third kappa shape index (κ3) is 4.05. The summed E-state index contributed by atoms with van der Waals surface area (Å²) in [6, 6.07) is 16.7. The minimum Gasteiger partial charge on any atom is -0.449 e. The second-order valence-electron chi connectivity index (χ2n) is 8.50. The number of nitrogens with one attached hydrogen (secondary N) is 1. The largest absolute Gasteiger partial charge is 0.449 e. The van der Waals surface area contributed by atoms with Crippen LogP contribution in [0.25, 0.3) is 11.1 Å². The van der Waals surface area contributed by atoms with Gasteiger partial charge in [0.1, 0.15) is 6.61 Å². The van der Waals surface area contributed by atoms with E-state index in [9.17, 15) is 9.90 Å². The summed E-state index contributed by atoms with van der Waals surface area (Å²) < 4.78 is 5.62. The lowest BCUT2D eigenvalue weighted by atomic mass is 9.98. The lowest BCUT2D eigenvalue weighted by molar-refractivity contribution is 0.0433. The Morgan fingerprint density at radius 2 is 1.75 bits per heavy atom. The van der Waals surface area contributed by atoms with Crippen LogP contribution in [-0.4, -0.2) is 54.0 Å². The maximum absolute atomic E-state index is 12.4. The van der Waals surface area contributed by atoms with Gasteiger partial charge in [-0.3, -0.25) is 4.90 Å². The molecule has 5 nitrogen and oxygen atoms in total. The SMILES string of the molecule is CC(C)(O)CN1CC[C@@H](NC(=O)OCC2c3ccccc3-c3ccccc32)C1. The van der Waals surface area contributed by atoms with Gasteiger partial charge in [-0.1, -0.05) is 48.5 Å². The third-order valence-electron chi connectivity index (χ3n) is 5.55. The summed E-state index contributed by atoms with van der Waals surface area (Å²) in [5, 5.41) is 12.9. The summed E-state index contributed by atoms with van der Waals surface area (Å²) >= 11 is 0. The summed E-state index contributed by atoms with van der Waals surface area (Å²) in [7, 11) is 0. The van der Waals surface area contributed by atoms with Gasteiger partial charge in [0, 0.05) is 31.6 Å². The monoisotopic (exact) mass is 380 g/mol. The zero-order valence-electron chi connectivity index (χ0n) is 16.5. The number of likely N-dealkylation sites (tertiary alicyclic amines) is 1. The van der Waals surface area contributed by atoms with E-state index >= 15 is 0 Å². The van der Waals surface area contributed by atoms with E-state index in [1.165, 1.54) is 22.3 Å². The van der Waals surface area contributed by atoms with Gasteiger partial charge in [0.25, 0.3) is 0 Å². The zero-order valence-corrected chi connectivity index (χ0v) is 16.5. The van der Waals surface area contributed by atoms with Crippen molar-refractivity contribution in [2.45, 2.75) is 37.8 Å². The molecule has 1 heterocycles. The molecule has 28 heavy (non-hydrogen) atoms. The Morgan fingerprint density at radius 1 is 1.14 bits per heavy atom. The summed E-state index contributed by atoms with van der Waals surface area (Å²) in [5.41, 5.74) is 4.16. The highest BCUT2D eigenvalue weighted by molar-refractivity contribution is 5.79. The van der Waals surface area contributed by atoms with Crippen LogP contribution < -0.4 is 5.32 Å². The zero-order chi connectivity index (χ0) is 19.7. The Balaban J connectivity index is 1.35. The van der Waals surface area contributed by atoms with Crippen molar-refractivity contribution in [3.05, 3.63) is 59.7 Å². The van der Waals surface area contributed by atoms with Crippen molar-refractivity contribution in [2.75, 3.05) is 26.2 Å². The molecule has 1 atom stereocenters. The Morgan fingerprint density at radius 3 is 2.36 bits per heavy atom. The maximum atomic E-state index is 12.4. The number of nitrogens with zero attached hydrogens (tertiary/aromatic N) is 1. The first kappa shape index (κ1) is 19.0. The van der Waals surface area contributed by atoms with Crippen LogP contribution in [0.2, 0.25) is 0 Å². The molecule has 2 aromatic carbocycles. The van der Waals surface area contributed by atoms with Gasteiger partial charge < -0.3 is 15.2 Å². The van der Waals surface area contributed by atoms with E-state index < -0.39 is 5.60 Å². The number of alkyl carbamates (subject to hydrolysis) is 1. The normalized spacial score (nSPS) is 19.3. The number of carbonyl (C=O) groups is 1. The predicted molar refractivity (Wildman–Crippen MR) is 109 cm³/mol. The molecule has 0 saturated carbocycles. The fourth-order valence-electron chi connectivity index (χ4n) is 4.45. The molecule has 148 valence electrons. The second kappa shape index (κ2) is 7.57. The third-order valence-corrected chi connectivity index (χ3v) is 5.55. The molecule has 4 rings (SSSR count). The molecule has 0 radical (unpaired) electrons. The van der Waals surface area contributed by atoms with E-state index in [0.717, 1.165) is 19.5 Å². The molecule has 1 amide bonds. The molecule has 1 aliphatic carbocycles. The van der Waals surface area contributed by atoms with Gasteiger partial charge >= 0.3 is 6.09 Å². The molecule has 0 aromatic heterocycles. The molecular weight excluding hydrogens is 352 g/mol. The van der Waals surface area contributed by atoms with Crippen LogP contribution in [0.1, 0.15) is 37.3 Å². The fourth-order valence-corrected chi connectivity index (χ4v) is 4.45. The molecule has 1 saturated heterocycles. The van der Waals surface area contributed by atoms with E-state index in [-0.39, 0.29) is 18.1 Å². The van der Waals surface area contributed by atoms with Crippen LogP contribution in [-0.2, 0) is 4.74 Å². The number of aliphatic hydroxyl groups is 1. The van der Waals surface area contributed by atoms with Crippen molar-refractivity contribution in [3.63, 3.8) is 0 Å². The lowest BCUT2D eigenvalue weighted by Gasteiger charge is -2.25. The number of hydrogen-bond donors (Lipinski definition) is 2. The number of hydrogen-bond acceptors (Lipinski definition) is 4. The summed E-state index contributed by atoms with van der Waals surface area (Å²) in [6.45, 7) is 6.17. The van der Waals surface area contributed by atoms with Crippen LogP contribution in [0.5, 0.6) is 0 Å². The fraction of sp³-hybridized carbons (Fsp3) is 0.435. The summed E-state index contributed by atoms with van der Waals surface area (Å²) in [5.74, 6) is 0.0772. The molecule has 1 aliphatic heterocycles. The molecule has 2 N–H and O–H groups in total. The minimum atomic E-state index is -0.724. The first-order valence-corrected chi connectivity index (χ1v) is 9.97. The van der Waals surface area contributed by atoms with Gasteiger partial charge in [-0.15, -0.1) is 0 Å². The first-order valence-electron chi connectivity index (χ1n) is 9.97. The predicted octanol–water partition coefficient (Wildman–Crippen LogP) is 3.37. The minimum absolute atomic E-state index is 0.0676.